The Balaban J connectivity index is 3.22. The summed E-state index contributed by atoms with van der Waals surface area (Å²) in [4.78, 5) is 13.5. The fourth-order valence-electron chi connectivity index (χ4n) is 0.246. The summed E-state index contributed by atoms with van der Waals surface area (Å²) in [6, 6.07) is 0. The minimum absolute atomic E-state index is 0.657. The van der Waals surface area contributed by atoms with Crippen molar-refractivity contribution in [2.45, 2.75) is 6.18 Å². The van der Waals surface area contributed by atoms with Crippen molar-refractivity contribution in [3.8, 4) is 0 Å². The van der Waals surface area contributed by atoms with Crippen LogP contribution in [0.5, 0.6) is 0 Å². The van der Waals surface area contributed by atoms with Gasteiger partial charge in [-0.1, -0.05) is 0 Å². The van der Waals surface area contributed by atoms with Gasteiger partial charge in [0.1, 0.15) is 6.54 Å². The largest absolute Gasteiger partial charge is 0.480 e. The third-order valence-electron chi connectivity index (χ3n) is 0.561. The Kier molecular flexibility index (Phi) is 3.83. The fraction of sp³-hybridized carbons (Fsp3) is 0.750. The molecule has 0 rings (SSSR count). The predicted molar refractivity (Wildman–Crippen MR) is 27.6 cm³/mol. The highest BCUT2D eigenvalue weighted by atomic mass is 19.4. The molecule has 0 saturated heterocycles. The Morgan fingerprint density at radius 1 is 1.55 bits per heavy atom. The van der Waals surface area contributed by atoms with Crippen molar-refractivity contribution in [2.75, 3.05) is 13.2 Å². The maximum atomic E-state index is 11.3. The van der Waals surface area contributed by atoms with Crippen LogP contribution in [0.2, 0.25) is 0 Å². The van der Waals surface area contributed by atoms with E-state index in [4.69, 9.17) is 5.11 Å². The highest BCUT2D eigenvalue weighted by Crippen LogP contribution is 2.13. The van der Waals surface area contributed by atoms with Gasteiger partial charge in [0, 0.05) is 0 Å². The summed E-state index contributed by atoms with van der Waals surface area (Å²) in [6.07, 6.45) is -4.44. The molecular formula is C4H6F3NO3. The van der Waals surface area contributed by atoms with Gasteiger partial charge < -0.3 is 5.11 Å². The molecule has 7 heteroatoms. The van der Waals surface area contributed by atoms with Crippen LogP contribution in [-0.4, -0.2) is 30.4 Å². The van der Waals surface area contributed by atoms with Crippen molar-refractivity contribution in [3.05, 3.63) is 0 Å². The van der Waals surface area contributed by atoms with E-state index in [0.717, 1.165) is 0 Å². The number of hydrogen-bond donors (Lipinski definition) is 2. The Morgan fingerprint density at radius 3 is 2.45 bits per heavy atom. The lowest BCUT2D eigenvalue weighted by Gasteiger charge is -2.05. The normalized spacial score (nSPS) is 11.5. The Hall–Kier alpha value is -0.820. The van der Waals surface area contributed by atoms with E-state index in [1.807, 2.05) is 0 Å². The summed E-state index contributed by atoms with van der Waals surface area (Å²) < 4.78 is 33.8. The molecule has 0 aromatic heterocycles. The van der Waals surface area contributed by atoms with E-state index < -0.39 is 25.3 Å². The number of halogens is 3. The first kappa shape index (κ1) is 10.2. The number of hydrogen-bond acceptors (Lipinski definition) is 3. The van der Waals surface area contributed by atoms with E-state index in [1.165, 1.54) is 0 Å². The molecule has 66 valence electrons. The highest BCUT2D eigenvalue weighted by molar-refractivity contribution is 5.68. The lowest BCUT2D eigenvalue weighted by atomic mass is 10.7. The van der Waals surface area contributed by atoms with Gasteiger partial charge in [-0.15, -0.1) is 0 Å². The van der Waals surface area contributed by atoms with Gasteiger partial charge in [-0.05, 0) is 0 Å². The van der Waals surface area contributed by atoms with E-state index in [1.54, 1.807) is 5.48 Å². The molecule has 0 aliphatic rings. The zero-order valence-corrected chi connectivity index (χ0v) is 5.31. The summed E-state index contributed by atoms with van der Waals surface area (Å²) >= 11 is 0. The topological polar surface area (TPSA) is 58.6 Å². The molecule has 0 amide bonds. The zero-order valence-electron chi connectivity index (χ0n) is 5.31. The second-order valence-corrected chi connectivity index (χ2v) is 1.62. The van der Waals surface area contributed by atoms with Gasteiger partial charge in [-0.2, -0.15) is 18.7 Å². The lowest BCUT2D eigenvalue weighted by molar-refractivity contribution is -0.191. The number of carboxylic acid groups (broad SMARTS) is 1. The smallest absolute Gasteiger partial charge is 0.413 e. The highest BCUT2D eigenvalue weighted by Gasteiger charge is 2.27. The Labute approximate surface area is 59.9 Å². The van der Waals surface area contributed by atoms with Crippen LogP contribution in [0.1, 0.15) is 0 Å². The molecule has 2 N–H and O–H groups in total. The average molecular weight is 173 g/mol. The number of hydroxylamine groups is 1. The van der Waals surface area contributed by atoms with E-state index in [0.29, 0.717) is 0 Å². The summed E-state index contributed by atoms with van der Waals surface area (Å²) in [5.41, 5.74) is 1.62. The molecule has 0 saturated carbocycles. The van der Waals surface area contributed by atoms with Gasteiger partial charge in [-0.25, -0.2) is 0 Å². The van der Waals surface area contributed by atoms with E-state index in [-0.39, 0.29) is 0 Å². The molecule has 0 atom stereocenters. The van der Waals surface area contributed by atoms with Crippen molar-refractivity contribution >= 4 is 5.97 Å². The molecule has 0 spiro atoms. The van der Waals surface area contributed by atoms with Crippen LogP contribution in [0.15, 0.2) is 0 Å². The van der Waals surface area contributed by atoms with E-state index >= 15 is 0 Å². The van der Waals surface area contributed by atoms with Gasteiger partial charge in [-0.3, -0.25) is 9.63 Å². The van der Waals surface area contributed by atoms with Gasteiger partial charge in [0.2, 0.25) is 0 Å². The summed E-state index contributed by atoms with van der Waals surface area (Å²) in [6.45, 7) is -2.16. The van der Waals surface area contributed by atoms with Crippen LogP contribution in [0, 0.1) is 0 Å². The minimum atomic E-state index is -4.44. The Morgan fingerprint density at radius 2 is 2.09 bits per heavy atom. The standard InChI is InChI=1S/C4H6F3NO3/c5-4(6,7)2-11-8-1-3(9)10/h8H,1-2H2,(H,9,10). The monoisotopic (exact) mass is 173 g/mol. The third kappa shape index (κ3) is 9.18. The first-order valence-corrected chi connectivity index (χ1v) is 2.55. The van der Waals surface area contributed by atoms with E-state index in [2.05, 4.69) is 4.84 Å². The SMILES string of the molecule is O=C(O)CNOCC(F)(F)F. The molecule has 0 aliphatic carbocycles. The summed E-state index contributed by atoms with van der Waals surface area (Å²) in [5.74, 6) is -1.29. The average Bonchev–Trinajstić information content (AvgIpc) is 1.78. The van der Waals surface area contributed by atoms with Crippen LogP contribution < -0.4 is 5.48 Å². The number of rotatable bonds is 4. The van der Waals surface area contributed by atoms with Crippen molar-refractivity contribution in [2.24, 2.45) is 0 Å². The first-order valence-electron chi connectivity index (χ1n) is 2.55. The van der Waals surface area contributed by atoms with Crippen molar-refractivity contribution in [3.63, 3.8) is 0 Å². The van der Waals surface area contributed by atoms with Gasteiger partial charge >= 0.3 is 12.1 Å². The predicted octanol–water partition coefficient (Wildman–Crippen LogP) is 0.154. The second-order valence-electron chi connectivity index (χ2n) is 1.62. The zero-order chi connectivity index (χ0) is 8.91. The number of carbonyl (C=O) groups is 1. The van der Waals surface area contributed by atoms with Crippen molar-refractivity contribution in [1.29, 1.82) is 0 Å². The van der Waals surface area contributed by atoms with Gasteiger partial charge in [0.15, 0.2) is 6.61 Å². The molecule has 0 bridgehead atoms. The summed E-state index contributed by atoms with van der Waals surface area (Å²) in [7, 11) is 0. The molecule has 0 aromatic carbocycles. The molecule has 0 aromatic rings. The molecule has 0 heterocycles. The molecule has 0 aliphatic heterocycles. The molecular weight excluding hydrogens is 167 g/mol. The van der Waals surface area contributed by atoms with E-state index in [9.17, 15) is 18.0 Å². The number of aliphatic carboxylic acids is 1. The Bertz CT molecular complexity index is 135. The minimum Gasteiger partial charge on any atom is -0.480 e. The maximum absolute atomic E-state index is 11.3. The number of carboxylic acids is 1. The van der Waals surface area contributed by atoms with Gasteiger partial charge in [0.05, 0.1) is 0 Å². The fourth-order valence-corrected chi connectivity index (χ4v) is 0.246. The molecule has 0 fully saturated rings. The van der Waals surface area contributed by atoms with Gasteiger partial charge in [0.25, 0.3) is 0 Å². The van der Waals surface area contributed by atoms with Crippen LogP contribution in [-0.2, 0) is 9.63 Å². The second kappa shape index (κ2) is 4.14. The van der Waals surface area contributed by atoms with Crippen LogP contribution in [0.25, 0.3) is 0 Å². The van der Waals surface area contributed by atoms with Crippen molar-refractivity contribution < 1.29 is 27.9 Å². The van der Waals surface area contributed by atoms with Crippen LogP contribution in [0.3, 0.4) is 0 Å². The third-order valence-corrected chi connectivity index (χ3v) is 0.561. The molecule has 11 heavy (non-hydrogen) atoms. The van der Waals surface area contributed by atoms with Crippen LogP contribution >= 0.6 is 0 Å². The molecule has 4 nitrogen and oxygen atoms in total. The quantitative estimate of drug-likeness (QED) is 0.469. The molecule has 0 unspecified atom stereocenters. The van der Waals surface area contributed by atoms with Crippen LogP contribution in [0.4, 0.5) is 13.2 Å². The van der Waals surface area contributed by atoms with Crippen molar-refractivity contribution in [1.82, 2.24) is 5.48 Å². The maximum Gasteiger partial charge on any atom is 0.413 e. The first-order chi connectivity index (χ1) is 4.92. The summed E-state index contributed by atoms with van der Waals surface area (Å²) in [5, 5.41) is 7.92. The number of nitrogens with one attached hydrogen (secondary N) is 1. The molecule has 0 radical (unpaired) electrons. The lowest BCUT2D eigenvalue weighted by Crippen LogP contribution is -2.28. The number of alkyl halides is 3.